The molecule has 1 amide bonds. The summed E-state index contributed by atoms with van der Waals surface area (Å²) in [4.78, 5) is 12.4. The van der Waals surface area contributed by atoms with Crippen LogP contribution in [0.2, 0.25) is 0 Å². The van der Waals surface area contributed by atoms with Crippen molar-refractivity contribution in [2.75, 3.05) is 12.4 Å². The topological polar surface area (TPSA) is 82.2 Å². The zero-order valence-corrected chi connectivity index (χ0v) is 15.4. The fourth-order valence-electron chi connectivity index (χ4n) is 2.78. The number of benzene rings is 1. The molecule has 0 unspecified atom stereocenters. The molecule has 1 N–H and O–H groups in total. The van der Waals surface area contributed by atoms with Gasteiger partial charge in [0.2, 0.25) is 17.7 Å². The van der Waals surface area contributed by atoms with Crippen LogP contribution in [0.3, 0.4) is 0 Å². The van der Waals surface area contributed by atoms with E-state index < -0.39 is 0 Å². The van der Waals surface area contributed by atoms with Gasteiger partial charge in [-0.1, -0.05) is 6.92 Å². The first-order valence-corrected chi connectivity index (χ1v) is 8.45. The maximum absolute atomic E-state index is 12.4. The third-order valence-corrected chi connectivity index (χ3v) is 4.25. The molecule has 0 saturated heterocycles. The highest BCUT2D eigenvalue weighted by atomic mass is 16.5. The van der Waals surface area contributed by atoms with Crippen LogP contribution in [-0.2, 0) is 17.8 Å². The highest BCUT2D eigenvalue weighted by molar-refractivity contribution is 5.90. The molecule has 0 fully saturated rings. The highest BCUT2D eigenvalue weighted by Crippen LogP contribution is 2.26. The molecular formula is C19H22N4O3. The number of ether oxygens (including phenoxy) is 1. The summed E-state index contributed by atoms with van der Waals surface area (Å²) in [5, 5.41) is 11.0. The van der Waals surface area contributed by atoms with Crippen LogP contribution < -0.4 is 10.1 Å². The van der Waals surface area contributed by atoms with E-state index in [1.54, 1.807) is 19.2 Å². The molecule has 2 heterocycles. The van der Waals surface area contributed by atoms with Crippen LogP contribution in [0, 0.1) is 13.8 Å². The van der Waals surface area contributed by atoms with Crippen molar-refractivity contribution in [3.05, 3.63) is 47.6 Å². The van der Waals surface area contributed by atoms with Crippen LogP contribution in [0.15, 0.2) is 34.7 Å². The number of hydrogen-bond donors (Lipinski definition) is 1. The zero-order valence-electron chi connectivity index (χ0n) is 15.4. The van der Waals surface area contributed by atoms with E-state index in [1.165, 1.54) is 0 Å². The van der Waals surface area contributed by atoms with Gasteiger partial charge in [-0.2, -0.15) is 0 Å². The zero-order chi connectivity index (χ0) is 18.7. The van der Waals surface area contributed by atoms with E-state index in [4.69, 9.17) is 9.15 Å². The van der Waals surface area contributed by atoms with E-state index in [0.29, 0.717) is 18.2 Å². The molecule has 0 saturated carbocycles. The largest absolute Gasteiger partial charge is 0.497 e. The number of nitrogens with one attached hydrogen (secondary N) is 1. The number of aromatic nitrogens is 3. The summed E-state index contributed by atoms with van der Waals surface area (Å²) in [6.07, 6.45) is 0.690. The molecular weight excluding hydrogens is 332 g/mol. The lowest BCUT2D eigenvalue weighted by Gasteiger charge is -2.10. The predicted octanol–water partition coefficient (Wildman–Crippen LogP) is 3.36. The first kappa shape index (κ1) is 17.7. The molecule has 26 heavy (non-hydrogen) atoms. The third-order valence-electron chi connectivity index (χ3n) is 4.25. The monoisotopic (exact) mass is 354 g/mol. The number of carbonyl (C=O) groups is 1. The van der Waals surface area contributed by atoms with Crippen molar-refractivity contribution in [3.8, 4) is 17.2 Å². The molecule has 2 aromatic heterocycles. The molecule has 136 valence electrons. The molecule has 1 aromatic carbocycles. The van der Waals surface area contributed by atoms with Gasteiger partial charge in [0.25, 0.3) is 0 Å². The van der Waals surface area contributed by atoms with Gasteiger partial charge in [0.05, 0.1) is 12.7 Å². The van der Waals surface area contributed by atoms with Gasteiger partial charge in [0.15, 0.2) is 0 Å². The lowest BCUT2D eigenvalue weighted by molar-refractivity contribution is -0.116. The minimum absolute atomic E-state index is 0.108. The van der Waals surface area contributed by atoms with Crippen LogP contribution in [0.4, 0.5) is 5.69 Å². The lowest BCUT2D eigenvalue weighted by Crippen LogP contribution is -2.20. The highest BCUT2D eigenvalue weighted by Gasteiger charge is 2.17. The van der Waals surface area contributed by atoms with Gasteiger partial charge >= 0.3 is 0 Å². The Labute approximate surface area is 152 Å². The van der Waals surface area contributed by atoms with E-state index in [9.17, 15) is 4.79 Å². The van der Waals surface area contributed by atoms with Gasteiger partial charge < -0.3 is 19.0 Å². The first-order chi connectivity index (χ1) is 12.5. The average molecular weight is 354 g/mol. The quantitative estimate of drug-likeness (QED) is 0.734. The van der Waals surface area contributed by atoms with Gasteiger partial charge in [-0.15, -0.1) is 10.2 Å². The molecule has 0 aliphatic rings. The molecule has 0 spiro atoms. The normalized spacial score (nSPS) is 10.8. The van der Waals surface area contributed by atoms with Crippen molar-refractivity contribution in [2.24, 2.45) is 0 Å². The molecule has 7 nitrogen and oxygen atoms in total. The second-order valence-corrected chi connectivity index (χ2v) is 6.00. The minimum atomic E-state index is -0.108. The lowest BCUT2D eigenvalue weighted by atomic mass is 10.2. The standard InChI is InChI=1S/C19H22N4O3/c1-5-18-21-22-19(26-18)16-10-12(2)23(13(16)3)11-17(24)20-14-6-8-15(25-4)9-7-14/h6-10H,5,11H2,1-4H3,(H,20,24). The van der Waals surface area contributed by atoms with Gasteiger partial charge in [-0.05, 0) is 44.2 Å². The Morgan fingerprint density at radius 1 is 1.23 bits per heavy atom. The van der Waals surface area contributed by atoms with Gasteiger partial charge in [0, 0.05) is 23.5 Å². The van der Waals surface area contributed by atoms with Crippen molar-refractivity contribution in [1.82, 2.24) is 14.8 Å². The Balaban J connectivity index is 1.75. The number of anilines is 1. The number of amides is 1. The summed E-state index contributed by atoms with van der Waals surface area (Å²) < 4.78 is 12.7. The molecule has 3 aromatic rings. The Morgan fingerprint density at radius 2 is 1.96 bits per heavy atom. The first-order valence-electron chi connectivity index (χ1n) is 8.45. The van der Waals surface area contributed by atoms with Gasteiger partial charge in [-0.3, -0.25) is 4.79 Å². The van der Waals surface area contributed by atoms with Crippen molar-refractivity contribution >= 4 is 11.6 Å². The van der Waals surface area contributed by atoms with Crippen LogP contribution in [-0.4, -0.2) is 27.8 Å². The summed E-state index contributed by atoms with van der Waals surface area (Å²) in [6, 6.07) is 9.19. The summed E-state index contributed by atoms with van der Waals surface area (Å²) in [6.45, 7) is 6.07. The molecule has 0 radical (unpaired) electrons. The van der Waals surface area contributed by atoms with Crippen LogP contribution in [0.1, 0.15) is 24.2 Å². The van der Waals surface area contributed by atoms with E-state index in [1.807, 2.05) is 43.5 Å². The predicted molar refractivity (Wildman–Crippen MR) is 98.2 cm³/mol. The van der Waals surface area contributed by atoms with Gasteiger partial charge in [0.1, 0.15) is 12.3 Å². The Morgan fingerprint density at radius 3 is 2.58 bits per heavy atom. The van der Waals surface area contributed by atoms with E-state index in [0.717, 1.165) is 28.4 Å². The number of methoxy groups -OCH3 is 1. The number of carbonyl (C=O) groups excluding carboxylic acids is 1. The molecule has 0 aliphatic heterocycles. The Bertz CT molecular complexity index is 910. The van der Waals surface area contributed by atoms with Crippen molar-refractivity contribution in [1.29, 1.82) is 0 Å². The van der Waals surface area contributed by atoms with Crippen LogP contribution in [0.25, 0.3) is 11.5 Å². The summed E-state index contributed by atoms with van der Waals surface area (Å²) in [7, 11) is 1.61. The SMILES string of the molecule is CCc1nnc(-c2cc(C)n(CC(=O)Nc3ccc(OC)cc3)c2C)o1. The van der Waals surface area contributed by atoms with Crippen molar-refractivity contribution < 1.29 is 13.9 Å². The fourth-order valence-corrected chi connectivity index (χ4v) is 2.78. The summed E-state index contributed by atoms with van der Waals surface area (Å²) >= 11 is 0. The van der Waals surface area contributed by atoms with Crippen LogP contribution >= 0.6 is 0 Å². The van der Waals surface area contributed by atoms with Crippen molar-refractivity contribution in [2.45, 2.75) is 33.7 Å². The smallest absolute Gasteiger partial charge is 0.249 e. The fraction of sp³-hybridized carbons (Fsp3) is 0.316. The van der Waals surface area contributed by atoms with Crippen molar-refractivity contribution in [3.63, 3.8) is 0 Å². The summed E-state index contributed by atoms with van der Waals surface area (Å²) in [5.41, 5.74) is 3.45. The minimum Gasteiger partial charge on any atom is -0.497 e. The van der Waals surface area contributed by atoms with E-state index in [-0.39, 0.29) is 12.5 Å². The molecule has 0 atom stereocenters. The van der Waals surface area contributed by atoms with E-state index in [2.05, 4.69) is 15.5 Å². The number of aryl methyl sites for hydroxylation is 2. The molecule has 0 aliphatic carbocycles. The molecule has 7 heteroatoms. The third kappa shape index (κ3) is 3.61. The number of rotatable bonds is 6. The second-order valence-electron chi connectivity index (χ2n) is 6.00. The maximum atomic E-state index is 12.4. The Hall–Kier alpha value is -3.09. The van der Waals surface area contributed by atoms with Gasteiger partial charge in [-0.25, -0.2) is 0 Å². The number of hydrogen-bond acceptors (Lipinski definition) is 5. The second kappa shape index (κ2) is 7.43. The average Bonchev–Trinajstić information content (AvgIpc) is 3.22. The molecule has 0 bridgehead atoms. The molecule has 3 rings (SSSR count). The van der Waals surface area contributed by atoms with E-state index >= 15 is 0 Å². The summed E-state index contributed by atoms with van der Waals surface area (Å²) in [5.74, 6) is 1.72. The maximum Gasteiger partial charge on any atom is 0.249 e. The van der Waals surface area contributed by atoms with Crippen LogP contribution in [0.5, 0.6) is 5.75 Å². The number of nitrogens with zero attached hydrogens (tertiary/aromatic N) is 3. The Kier molecular flexibility index (Phi) is 5.06.